The van der Waals surface area contributed by atoms with Crippen LogP contribution in [-0.2, 0) is 11.2 Å². The van der Waals surface area contributed by atoms with Gasteiger partial charge in [-0.2, -0.15) is 5.26 Å². The molecule has 23 heavy (non-hydrogen) atoms. The Balaban J connectivity index is 2.11. The van der Waals surface area contributed by atoms with Crippen LogP contribution in [0.5, 0.6) is 5.75 Å². The van der Waals surface area contributed by atoms with Gasteiger partial charge < -0.3 is 15.8 Å². The number of para-hydroxylation sites is 1. The molecule has 0 atom stereocenters. The number of rotatable bonds is 6. The number of nitriles is 1. The first-order chi connectivity index (χ1) is 11.1. The second-order valence-corrected chi connectivity index (χ2v) is 4.74. The molecule has 0 saturated heterocycles. The Kier molecular flexibility index (Phi) is 5.31. The highest BCUT2D eigenvalue weighted by Crippen LogP contribution is 2.20. The molecule has 0 aliphatic carbocycles. The van der Waals surface area contributed by atoms with Gasteiger partial charge in [-0.05, 0) is 29.8 Å². The number of ether oxygens (including phenoxy) is 1. The number of carbonyl (C=O) groups excluding carboxylic acids is 2. The number of hydrogen-bond acceptors (Lipinski definition) is 4. The Hall–Kier alpha value is -3.33. The maximum absolute atomic E-state index is 12.3. The summed E-state index contributed by atoms with van der Waals surface area (Å²) in [5.74, 6) is -0.698. The molecular formula is C17H15N3O3. The van der Waals surface area contributed by atoms with E-state index in [0.717, 1.165) is 5.56 Å². The highest BCUT2D eigenvalue weighted by atomic mass is 16.5. The minimum atomic E-state index is -0.617. The third kappa shape index (κ3) is 4.58. The van der Waals surface area contributed by atoms with Gasteiger partial charge in [0.25, 0.3) is 11.8 Å². The Morgan fingerprint density at radius 3 is 2.48 bits per heavy atom. The minimum Gasteiger partial charge on any atom is -0.483 e. The van der Waals surface area contributed by atoms with Crippen LogP contribution < -0.4 is 15.8 Å². The molecule has 6 nitrogen and oxygen atoms in total. The molecule has 2 aromatic rings. The molecule has 0 spiro atoms. The van der Waals surface area contributed by atoms with E-state index >= 15 is 0 Å². The summed E-state index contributed by atoms with van der Waals surface area (Å²) < 4.78 is 5.24. The van der Waals surface area contributed by atoms with Crippen molar-refractivity contribution in [2.75, 3.05) is 11.9 Å². The van der Waals surface area contributed by atoms with Crippen LogP contribution in [0.4, 0.5) is 5.69 Å². The van der Waals surface area contributed by atoms with Gasteiger partial charge in [-0.15, -0.1) is 0 Å². The van der Waals surface area contributed by atoms with Gasteiger partial charge in [0.2, 0.25) is 0 Å². The fraction of sp³-hybridized carbons (Fsp3) is 0.118. The lowest BCUT2D eigenvalue weighted by Gasteiger charge is -2.11. The Morgan fingerprint density at radius 1 is 1.13 bits per heavy atom. The van der Waals surface area contributed by atoms with Gasteiger partial charge in [-0.25, -0.2) is 0 Å². The second-order valence-electron chi connectivity index (χ2n) is 4.74. The van der Waals surface area contributed by atoms with Crippen LogP contribution in [-0.4, -0.2) is 18.4 Å². The van der Waals surface area contributed by atoms with Crippen LogP contribution in [0, 0.1) is 11.3 Å². The number of benzene rings is 2. The van der Waals surface area contributed by atoms with E-state index < -0.39 is 5.91 Å². The number of carbonyl (C=O) groups is 2. The molecule has 0 heterocycles. The number of anilines is 1. The van der Waals surface area contributed by atoms with E-state index in [-0.39, 0.29) is 18.3 Å². The van der Waals surface area contributed by atoms with Gasteiger partial charge in [-0.3, -0.25) is 9.59 Å². The standard InChI is InChI=1S/C17H15N3O3/c18-10-9-12-5-7-13(8-6-12)20-17(22)14-3-1-2-4-15(14)23-11-16(19)21/h1-8H,9,11H2,(H2,19,21)(H,20,22). The third-order valence-electron chi connectivity index (χ3n) is 3.00. The van der Waals surface area contributed by atoms with Crippen molar-refractivity contribution in [3.05, 3.63) is 59.7 Å². The molecule has 0 aromatic heterocycles. The molecule has 0 aliphatic rings. The van der Waals surface area contributed by atoms with Gasteiger partial charge in [0.1, 0.15) is 5.75 Å². The van der Waals surface area contributed by atoms with Crippen LogP contribution in [0.15, 0.2) is 48.5 Å². The first kappa shape index (κ1) is 16.0. The van der Waals surface area contributed by atoms with Gasteiger partial charge in [0, 0.05) is 5.69 Å². The van der Waals surface area contributed by atoms with Crippen molar-refractivity contribution in [1.29, 1.82) is 5.26 Å². The maximum Gasteiger partial charge on any atom is 0.259 e. The molecule has 6 heteroatoms. The summed E-state index contributed by atoms with van der Waals surface area (Å²) >= 11 is 0. The lowest BCUT2D eigenvalue weighted by atomic mass is 10.1. The number of amides is 2. The number of nitrogens with one attached hydrogen (secondary N) is 1. The van der Waals surface area contributed by atoms with Crippen molar-refractivity contribution in [2.24, 2.45) is 5.73 Å². The topological polar surface area (TPSA) is 105 Å². The molecule has 2 aromatic carbocycles. The largest absolute Gasteiger partial charge is 0.483 e. The van der Waals surface area contributed by atoms with Crippen LogP contribution in [0.3, 0.4) is 0 Å². The molecule has 2 rings (SSSR count). The van der Waals surface area contributed by atoms with Crippen molar-refractivity contribution in [1.82, 2.24) is 0 Å². The van der Waals surface area contributed by atoms with Crippen molar-refractivity contribution < 1.29 is 14.3 Å². The third-order valence-corrected chi connectivity index (χ3v) is 3.00. The van der Waals surface area contributed by atoms with Crippen LogP contribution in [0.2, 0.25) is 0 Å². The summed E-state index contributed by atoms with van der Waals surface area (Å²) in [6.45, 7) is -0.298. The van der Waals surface area contributed by atoms with E-state index in [1.165, 1.54) is 0 Å². The fourth-order valence-electron chi connectivity index (χ4n) is 1.92. The van der Waals surface area contributed by atoms with Gasteiger partial charge in [0.05, 0.1) is 18.1 Å². The van der Waals surface area contributed by atoms with Crippen LogP contribution in [0.25, 0.3) is 0 Å². The maximum atomic E-state index is 12.3. The zero-order valence-corrected chi connectivity index (χ0v) is 12.3. The molecule has 0 aliphatic heterocycles. The first-order valence-corrected chi connectivity index (χ1v) is 6.87. The van der Waals surface area contributed by atoms with E-state index in [9.17, 15) is 9.59 Å². The van der Waals surface area contributed by atoms with E-state index in [2.05, 4.69) is 11.4 Å². The molecular weight excluding hydrogens is 294 g/mol. The number of nitrogens with zero attached hydrogens (tertiary/aromatic N) is 1. The molecule has 116 valence electrons. The Bertz CT molecular complexity index is 748. The zero-order chi connectivity index (χ0) is 16.7. The van der Waals surface area contributed by atoms with Gasteiger partial charge in [-0.1, -0.05) is 24.3 Å². The average molecular weight is 309 g/mol. The number of nitrogens with two attached hydrogens (primary N) is 1. The lowest BCUT2D eigenvalue weighted by Crippen LogP contribution is -2.21. The van der Waals surface area contributed by atoms with Crippen molar-refractivity contribution >= 4 is 17.5 Å². The van der Waals surface area contributed by atoms with Gasteiger partial charge in [0.15, 0.2) is 6.61 Å². The summed E-state index contributed by atoms with van der Waals surface area (Å²) in [5, 5.41) is 11.4. The molecule has 2 amide bonds. The molecule has 0 bridgehead atoms. The predicted octanol–water partition coefficient (Wildman–Crippen LogP) is 1.87. The van der Waals surface area contributed by atoms with Gasteiger partial charge >= 0.3 is 0 Å². The van der Waals surface area contributed by atoms with Crippen molar-refractivity contribution in [3.8, 4) is 11.8 Å². The summed E-state index contributed by atoms with van der Waals surface area (Å²) in [7, 11) is 0. The number of primary amides is 1. The summed E-state index contributed by atoms with van der Waals surface area (Å²) in [6.07, 6.45) is 0.317. The van der Waals surface area contributed by atoms with Crippen molar-refractivity contribution in [2.45, 2.75) is 6.42 Å². The van der Waals surface area contributed by atoms with Crippen LogP contribution in [0.1, 0.15) is 15.9 Å². The zero-order valence-electron chi connectivity index (χ0n) is 12.3. The Labute approximate surface area is 133 Å². The molecule has 3 N–H and O–H groups in total. The monoisotopic (exact) mass is 309 g/mol. The molecule has 0 saturated carbocycles. The normalized spacial score (nSPS) is 9.70. The molecule has 0 radical (unpaired) electrons. The summed E-state index contributed by atoms with van der Waals surface area (Å²) in [4.78, 5) is 23.1. The number of hydrogen-bond donors (Lipinski definition) is 2. The summed E-state index contributed by atoms with van der Waals surface area (Å²) in [5.41, 5.74) is 6.81. The van der Waals surface area contributed by atoms with E-state index in [1.807, 2.05) is 0 Å². The average Bonchev–Trinajstić information content (AvgIpc) is 2.55. The molecule has 0 unspecified atom stereocenters. The Morgan fingerprint density at radius 2 is 1.83 bits per heavy atom. The highest BCUT2D eigenvalue weighted by molar-refractivity contribution is 6.06. The predicted molar refractivity (Wildman–Crippen MR) is 84.8 cm³/mol. The quantitative estimate of drug-likeness (QED) is 0.849. The van der Waals surface area contributed by atoms with E-state index in [0.29, 0.717) is 17.7 Å². The van der Waals surface area contributed by atoms with Crippen LogP contribution >= 0.6 is 0 Å². The lowest BCUT2D eigenvalue weighted by molar-refractivity contribution is -0.119. The second kappa shape index (κ2) is 7.61. The van der Waals surface area contributed by atoms with E-state index in [1.54, 1.807) is 48.5 Å². The molecule has 0 fully saturated rings. The van der Waals surface area contributed by atoms with E-state index in [4.69, 9.17) is 15.7 Å². The summed E-state index contributed by atoms with van der Waals surface area (Å²) in [6, 6.07) is 15.6. The fourth-order valence-corrected chi connectivity index (χ4v) is 1.92. The smallest absolute Gasteiger partial charge is 0.259 e. The minimum absolute atomic E-state index is 0.282. The SMILES string of the molecule is N#CCc1ccc(NC(=O)c2ccccc2OCC(N)=O)cc1. The highest BCUT2D eigenvalue weighted by Gasteiger charge is 2.13. The van der Waals surface area contributed by atoms with Crippen molar-refractivity contribution in [3.63, 3.8) is 0 Å². The first-order valence-electron chi connectivity index (χ1n) is 6.87.